The highest BCUT2D eigenvalue weighted by molar-refractivity contribution is 5.76. The number of amides is 1. The largest absolute Gasteiger partial charge is 0.481 e. The lowest BCUT2D eigenvalue weighted by molar-refractivity contribution is -0.121. The van der Waals surface area contributed by atoms with Gasteiger partial charge in [0.15, 0.2) is 0 Å². The number of pyridine rings is 1. The van der Waals surface area contributed by atoms with Gasteiger partial charge in [-0.15, -0.1) is 0 Å². The van der Waals surface area contributed by atoms with Crippen LogP contribution in [0.4, 0.5) is 5.82 Å². The SMILES string of the molecule is COCCNC(=O)CCNc1cccc(OC)n1. The van der Waals surface area contributed by atoms with E-state index in [9.17, 15) is 4.79 Å². The highest BCUT2D eigenvalue weighted by Crippen LogP contribution is 2.10. The summed E-state index contributed by atoms with van der Waals surface area (Å²) in [5.74, 6) is 1.23. The van der Waals surface area contributed by atoms with Gasteiger partial charge >= 0.3 is 0 Å². The fourth-order valence-electron chi connectivity index (χ4n) is 1.31. The van der Waals surface area contributed by atoms with E-state index in [1.165, 1.54) is 0 Å². The molecular weight excluding hydrogens is 234 g/mol. The van der Waals surface area contributed by atoms with Crippen molar-refractivity contribution in [3.05, 3.63) is 18.2 Å². The molecule has 1 rings (SSSR count). The van der Waals surface area contributed by atoms with E-state index in [1.54, 1.807) is 20.3 Å². The maximum Gasteiger partial charge on any atom is 0.221 e. The molecule has 0 radical (unpaired) electrons. The average Bonchev–Trinajstić information content (AvgIpc) is 2.39. The van der Waals surface area contributed by atoms with E-state index in [2.05, 4.69) is 15.6 Å². The molecule has 6 heteroatoms. The number of rotatable bonds is 8. The smallest absolute Gasteiger partial charge is 0.221 e. The minimum absolute atomic E-state index is 0.0116. The van der Waals surface area contributed by atoms with Crippen LogP contribution in [0.5, 0.6) is 5.88 Å². The molecule has 1 heterocycles. The Kier molecular flexibility index (Phi) is 6.56. The van der Waals surface area contributed by atoms with Gasteiger partial charge in [0.2, 0.25) is 11.8 Å². The van der Waals surface area contributed by atoms with Gasteiger partial charge < -0.3 is 20.1 Å². The van der Waals surface area contributed by atoms with Crippen molar-refractivity contribution in [2.75, 3.05) is 39.2 Å². The second kappa shape index (κ2) is 8.30. The maximum atomic E-state index is 11.4. The Balaban J connectivity index is 2.22. The molecule has 1 aromatic rings. The lowest BCUT2D eigenvalue weighted by Gasteiger charge is -2.07. The van der Waals surface area contributed by atoms with Gasteiger partial charge in [-0.05, 0) is 6.07 Å². The van der Waals surface area contributed by atoms with E-state index < -0.39 is 0 Å². The number of nitrogens with one attached hydrogen (secondary N) is 2. The van der Waals surface area contributed by atoms with Crippen LogP contribution in [-0.4, -0.2) is 44.8 Å². The zero-order chi connectivity index (χ0) is 13.2. The molecule has 0 spiro atoms. The number of carbonyl (C=O) groups excluding carboxylic acids is 1. The van der Waals surface area contributed by atoms with Crippen molar-refractivity contribution >= 4 is 11.7 Å². The molecule has 6 nitrogen and oxygen atoms in total. The van der Waals surface area contributed by atoms with Gasteiger partial charge in [0.05, 0.1) is 13.7 Å². The van der Waals surface area contributed by atoms with Gasteiger partial charge in [-0.25, -0.2) is 0 Å². The zero-order valence-electron chi connectivity index (χ0n) is 10.7. The second-order valence-corrected chi connectivity index (χ2v) is 3.58. The van der Waals surface area contributed by atoms with E-state index in [4.69, 9.17) is 9.47 Å². The van der Waals surface area contributed by atoms with Crippen molar-refractivity contribution < 1.29 is 14.3 Å². The molecule has 100 valence electrons. The van der Waals surface area contributed by atoms with Crippen molar-refractivity contribution in [1.29, 1.82) is 0 Å². The normalized spacial score (nSPS) is 9.89. The molecule has 0 aliphatic carbocycles. The maximum absolute atomic E-state index is 11.4. The van der Waals surface area contributed by atoms with Gasteiger partial charge in [0.1, 0.15) is 5.82 Å². The topological polar surface area (TPSA) is 72.5 Å². The van der Waals surface area contributed by atoms with Crippen molar-refractivity contribution in [2.24, 2.45) is 0 Å². The van der Waals surface area contributed by atoms with Gasteiger partial charge in [0.25, 0.3) is 0 Å². The van der Waals surface area contributed by atoms with E-state index in [0.717, 1.165) is 0 Å². The third-order valence-electron chi connectivity index (χ3n) is 2.22. The molecule has 0 atom stereocenters. The summed E-state index contributed by atoms with van der Waals surface area (Å²) in [7, 11) is 3.16. The summed E-state index contributed by atoms with van der Waals surface area (Å²) < 4.78 is 9.84. The number of methoxy groups -OCH3 is 2. The van der Waals surface area contributed by atoms with E-state index in [0.29, 0.717) is 37.8 Å². The molecule has 0 saturated heterocycles. The van der Waals surface area contributed by atoms with Crippen LogP contribution in [-0.2, 0) is 9.53 Å². The highest BCUT2D eigenvalue weighted by Gasteiger charge is 2.01. The van der Waals surface area contributed by atoms with Crippen LogP contribution in [0.1, 0.15) is 6.42 Å². The minimum atomic E-state index is -0.0116. The molecule has 0 aromatic carbocycles. The van der Waals surface area contributed by atoms with Gasteiger partial charge in [0, 0.05) is 32.7 Å². The molecule has 18 heavy (non-hydrogen) atoms. The van der Waals surface area contributed by atoms with Crippen LogP contribution < -0.4 is 15.4 Å². The fraction of sp³-hybridized carbons (Fsp3) is 0.500. The van der Waals surface area contributed by atoms with Crippen molar-refractivity contribution in [3.63, 3.8) is 0 Å². The van der Waals surface area contributed by atoms with Crippen LogP contribution in [0.15, 0.2) is 18.2 Å². The number of carbonyl (C=O) groups is 1. The summed E-state index contributed by atoms with van der Waals surface area (Å²) in [5.41, 5.74) is 0. The molecule has 2 N–H and O–H groups in total. The van der Waals surface area contributed by atoms with E-state index >= 15 is 0 Å². The van der Waals surface area contributed by atoms with E-state index in [-0.39, 0.29) is 5.91 Å². The summed E-state index contributed by atoms with van der Waals surface area (Å²) in [5, 5.41) is 5.80. The van der Waals surface area contributed by atoms with Crippen LogP contribution in [0, 0.1) is 0 Å². The summed E-state index contributed by atoms with van der Waals surface area (Å²) in [4.78, 5) is 15.6. The van der Waals surface area contributed by atoms with Gasteiger partial charge in [-0.3, -0.25) is 4.79 Å². The highest BCUT2D eigenvalue weighted by atomic mass is 16.5. The van der Waals surface area contributed by atoms with E-state index in [1.807, 2.05) is 12.1 Å². The quantitative estimate of drug-likeness (QED) is 0.666. The number of aromatic nitrogens is 1. The number of nitrogens with zero attached hydrogens (tertiary/aromatic N) is 1. The summed E-state index contributed by atoms with van der Waals surface area (Å²) in [6.45, 7) is 1.59. The molecular formula is C12H19N3O3. The Labute approximate surface area is 107 Å². The number of hydrogen-bond acceptors (Lipinski definition) is 5. The molecule has 0 bridgehead atoms. The Morgan fingerprint density at radius 1 is 1.33 bits per heavy atom. The third-order valence-corrected chi connectivity index (χ3v) is 2.22. The summed E-state index contributed by atoms with van der Waals surface area (Å²) in [6.07, 6.45) is 0.391. The Hall–Kier alpha value is -1.82. The van der Waals surface area contributed by atoms with Crippen LogP contribution in [0.3, 0.4) is 0 Å². The van der Waals surface area contributed by atoms with Gasteiger partial charge in [-0.2, -0.15) is 4.98 Å². The first kappa shape index (κ1) is 14.2. The Morgan fingerprint density at radius 3 is 2.89 bits per heavy atom. The molecule has 0 fully saturated rings. The number of hydrogen-bond donors (Lipinski definition) is 2. The lowest BCUT2D eigenvalue weighted by Crippen LogP contribution is -2.28. The molecule has 1 amide bonds. The summed E-state index contributed by atoms with van der Waals surface area (Å²) in [6, 6.07) is 5.43. The number of anilines is 1. The molecule has 0 saturated carbocycles. The molecule has 0 aliphatic heterocycles. The molecule has 0 aliphatic rings. The average molecular weight is 253 g/mol. The first-order valence-electron chi connectivity index (χ1n) is 5.77. The van der Waals surface area contributed by atoms with Crippen LogP contribution >= 0.6 is 0 Å². The second-order valence-electron chi connectivity index (χ2n) is 3.58. The minimum Gasteiger partial charge on any atom is -0.481 e. The van der Waals surface area contributed by atoms with Crippen LogP contribution in [0.2, 0.25) is 0 Å². The van der Waals surface area contributed by atoms with Crippen molar-refractivity contribution in [3.8, 4) is 5.88 Å². The third kappa shape index (κ3) is 5.49. The zero-order valence-corrected chi connectivity index (χ0v) is 10.7. The first-order chi connectivity index (χ1) is 8.76. The predicted molar refractivity (Wildman–Crippen MR) is 68.8 cm³/mol. The lowest BCUT2D eigenvalue weighted by atomic mass is 10.3. The standard InChI is InChI=1S/C12H19N3O3/c1-17-9-8-14-11(16)6-7-13-10-4-3-5-12(15-10)18-2/h3-5H,6-9H2,1-2H3,(H,13,15)(H,14,16). The van der Waals surface area contributed by atoms with Crippen LogP contribution in [0.25, 0.3) is 0 Å². The predicted octanol–water partition coefficient (Wildman–Crippen LogP) is 0.655. The monoisotopic (exact) mass is 253 g/mol. The van der Waals surface area contributed by atoms with Gasteiger partial charge in [-0.1, -0.05) is 6.07 Å². The summed E-state index contributed by atoms with van der Waals surface area (Å²) >= 11 is 0. The first-order valence-corrected chi connectivity index (χ1v) is 5.77. The Morgan fingerprint density at radius 2 is 2.17 bits per heavy atom. The van der Waals surface area contributed by atoms with Crippen molar-refractivity contribution in [1.82, 2.24) is 10.3 Å². The Bertz CT molecular complexity index is 371. The van der Waals surface area contributed by atoms with Crippen molar-refractivity contribution in [2.45, 2.75) is 6.42 Å². The molecule has 0 unspecified atom stereocenters. The molecule has 1 aromatic heterocycles. The fourth-order valence-corrected chi connectivity index (χ4v) is 1.31. The number of ether oxygens (including phenoxy) is 2.